The van der Waals surface area contributed by atoms with Gasteiger partial charge in [0.05, 0.1) is 16.0 Å². The molecule has 0 aliphatic carbocycles. The Labute approximate surface area is 118 Å². The standard InChI is InChI=1S/C11H11ClFN3O4/c12-6-3-8(9(16(19)20)4-7(6)13)15-2-1-14-5-10(15)11(17)18/h3-4,10,14H,1-2,5H2,(H,17,18). The van der Waals surface area contributed by atoms with Crippen LogP contribution in [0.3, 0.4) is 0 Å². The number of nitro benzene ring substituents is 1. The molecule has 0 aromatic heterocycles. The molecule has 108 valence electrons. The summed E-state index contributed by atoms with van der Waals surface area (Å²) in [7, 11) is 0. The summed E-state index contributed by atoms with van der Waals surface area (Å²) in [5.74, 6) is -2.03. The minimum atomic E-state index is -1.12. The lowest BCUT2D eigenvalue weighted by Crippen LogP contribution is -2.55. The van der Waals surface area contributed by atoms with Gasteiger partial charge in [-0.2, -0.15) is 0 Å². The van der Waals surface area contributed by atoms with Crippen molar-refractivity contribution in [2.75, 3.05) is 24.5 Å². The van der Waals surface area contributed by atoms with Gasteiger partial charge in [-0.05, 0) is 6.07 Å². The predicted molar refractivity (Wildman–Crippen MR) is 69.7 cm³/mol. The fourth-order valence-electron chi connectivity index (χ4n) is 2.12. The van der Waals surface area contributed by atoms with Crippen LogP contribution in [0, 0.1) is 15.9 Å². The molecule has 1 aromatic carbocycles. The number of benzene rings is 1. The number of carboxylic acids is 1. The highest BCUT2D eigenvalue weighted by Crippen LogP contribution is 2.34. The first-order valence-electron chi connectivity index (χ1n) is 5.75. The summed E-state index contributed by atoms with van der Waals surface area (Å²) in [5, 5.41) is 22.8. The van der Waals surface area contributed by atoms with E-state index < -0.39 is 28.4 Å². The van der Waals surface area contributed by atoms with Crippen molar-refractivity contribution < 1.29 is 19.2 Å². The normalized spacial score (nSPS) is 18.9. The first-order valence-corrected chi connectivity index (χ1v) is 6.13. The number of anilines is 1. The van der Waals surface area contributed by atoms with Gasteiger partial charge < -0.3 is 15.3 Å². The van der Waals surface area contributed by atoms with E-state index in [1.54, 1.807) is 0 Å². The Kier molecular flexibility index (Phi) is 4.05. The fourth-order valence-corrected chi connectivity index (χ4v) is 2.27. The number of aliphatic carboxylic acids is 1. The van der Waals surface area contributed by atoms with E-state index in [-0.39, 0.29) is 23.8 Å². The number of piperazine rings is 1. The molecule has 0 saturated carbocycles. The van der Waals surface area contributed by atoms with Crippen molar-refractivity contribution >= 4 is 28.9 Å². The molecule has 0 radical (unpaired) electrons. The molecule has 0 spiro atoms. The van der Waals surface area contributed by atoms with Gasteiger partial charge in [0, 0.05) is 19.6 Å². The van der Waals surface area contributed by atoms with Gasteiger partial charge in [0.2, 0.25) is 0 Å². The summed E-state index contributed by atoms with van der Waals surface area (Å²) in [4.78, 5) is 22.8. The summed E-state index contributed by atoms with van der Waals surface area (Å²) >= 11 is 5.65. The topological polar surface area (TPSA) is 95.7 Å². The molecule has 1 atom stereocenters. The van der Waals surface area contributed by atoms with Crippen LogP contribution in [-0.4, -0.2) is 41.7 Å². The van der Waals surface area contributed by atoms with E-state index in [0.29, 0.717) is 12.6 Å². The van der Waals surface area contributed by atoms with Crippen LogP contribution in [0.5, 0.6) is 0 Å². The molecular weight excluding hydrogens is 293 g/mol. The van der Waals surface area contributed by atoms with Crippen molar-refractivity contribution in [1.29, 1.82) is 0 Å². The zero-order chi connectivity index (χ0) is 14.9. The molecule has 1 aromatic rings. The van der Waals surface area contributed by atoms with Crippen molar-refractivity contribution in [2.24, 2.45) is 0 Å². The second-order valence-corrected chi connectivity index (χ2v) is 4.67. The minimum absolute atomic E-state index is 0.00954. The first kappa shape index (κ1) is 14.5. The second kappa shape index (κ2) is 5.59. The third-order valence-electron chi connectivity index (χ3n) is 3.05. The van der Waals surface area contributed by atoms with Crippen LogP contribution in [0.25, 0.3) is 0 Å². The number of hydrogen-bond donors (Lipinski definition) is 2. The summed E-state index contributed by atoms with van der Waals surface area (Å²) in [5.41, 5.74) is -0.490. The van der Waals surface area contributed by atoms with Crippen molar-refractivity contribution in [3.8, 4) is 0 Å². The molecule has 1 aliphatic heterocycles. The van der Waals surface area contributed by atoms with Crippen LogP contribution in [-0.2, 0) is 4.79 Å². The Bertz CT molecular complexity index is 569. The van der Waals surface area contributed by atoms with Gasteiger partial charge in [-0.15, -0.1) is 0 Å². The van der Waals surface area contributed by atoms with Crippen molar-refractivity contribution in [2.45, 2.75) is 6.04 Å². The minimum Gasteiger partial charge on any atom is -0.480 e. The molecule has 2 rings (SSSR count). The van der Waals surface area contributed by atoms with Crippen molar-refractivity contribution in [3.05, 3.63) is 33.1 Å². The number of nitrogens with zero attached hydrogens (tertiary/aromatic N) is 2. The molecule has 1 aliphatic rings. The lowest BCUT2D eigenvalue weighted by Gasteiger charge is -2.34. The van der Waals surface area contributed by atoms with Gasteiger partial charge in [0.25, 0.3) is 5.69 Å². The summed E-state index contributed by atoms with van der Waals surface area (Å²) in [6, 6.07) is 0.832. The molecule has 0 bridgehead atoms. The van der Waals surface area contributed by atoms with E-state index in [1.807, 2.05) is 0 Å². The van der Waals surface area contributed by atoms with Gasteiger partial charge in [0.15, 0.2) is 0 Å². The monoisotopic (exact) mass is 303 g/mol. The van der Waals surface area contributed by atoms with Gasteiger partial charge in [-0.1, -0.05) is 11.6 Å². The van der Waals surface area contributed by atoms with E-state index in [9.17, 15) is 19.3 Å². The Hall–Kier alpha value is -1.93. The number of carboxylic acid groups (broad SMARTS) is 1. The molecule has 9 heteroatoms. The van der Waals surface area contributed by atoms with Gasteiger partial charge in [-0.3, -0.25) is 10.1 Å². The molecule has 2 N–H and O–H groups in total. The molecule has 20 heavy (non-hydrogen) atoms. The van der Waals surface area contributed by atoms with Crippen LogP contribution in [0.1, 0.15) is 0 Å². The number of nitrogens with one attached hydrogen (secondary N) is 1. The highest BCUT2D eigenvalue weighted by Gasteiger charge is 2.33. The molecule has 7 nitrogen and oxygen atoms in total. The van der Waals surface area contributed by atoms with Crippen LogP contribution >= 0.6 is 11.6 Å². The van der Waals surface area contributed by atoms with Gasteiger partial charge >= 0.3 is 5.97 Å². The molecule has 1 saturated heterocycles. The number of hydrogen-bond acceptors (Lipinski definition) is 5. The highest BCUT2D eigenvalue weighted by atomic mass is 35.5. The summed E-state index contributed by atoms with van der Waals surface area (Å²) < 4.78 is 13.4. The van der Waals surface area contributed by atoms with Crippen molar-refractivity contribution in [3.63, 3.8) is 0 Å². The first-order chi connectivity index (χ1) is 9.41. The Morgan fingerprint density at radius 3 is 2.90 bits per heavy atom. The fraction of sp³-hybridized carbons (Fsp3) is 0.364. The summed E-state index contributed by atoms with van der Waals surface area (Å²) in [6.07, 6.45) is 0. The van der Waals surface area contributed by atoms with E-state index in [0.717, 1.165) is 6.07 Å². The lowest BCUT2D eigenvalue weighted by molar-refractivity contribution is -0.384. The molecule has 1 fully saturated rings. The van der Waals surface area contributed by atoms with E-state index in [2.05, 4.69) is 5.32 Å². The maximum Gasteiger partial charge on any atom is 0.327 e. The summed E-state index contributed by atoms with van der Waals surface area (Å²) in [6.45, 7) is 0.858. The number of halogens is 2. The number of carbonyl (C=O) groups is 1. The smallest absolute Gasteiger partial charge is 0.327 e. The van der Waals surface area contributed by atoms with Crippen LogP contribution in [0.15, 0.2) is 12.1 Å². The molecular formula is C11H11ClFN3O4. The molecule has 0 amide bonds. The maximum atomic E-state index is 13.4. The molecule has 1 unspecified atom stereocenters. The average Bonchev–Trinajstić information content (AvgIpc) is 2.41. The number of rotatable bonds is 3. The van der Waals surface area contributed by atoms with Gasteiger partial charge in [0.1, 0.15) is 17.5 Å². The Morgan fingerprint density at radius 2 is 2.30 bits per heavy atom. The Balaban J connectivity index is 2.51. The number of nitro groups is 1. The van der Waals surface area contributed by atoms with Gasteiger partial charge in [-0.25, -0.2) is 9.18 Å². The SMILES string of the molecule is O=C(O)C1CNCCN1c1cc(Cl)c(F)cc1[N+](=O)[O-]. The predicted octanol–water partition coefficient (Wildman–Crippen LogP) is 1.25. The highest BCUT2D eigenvalue weighted by molar-refractivity contribution is 6.31. The largest absolute Gasteiger partial charge is 0.480 e. The zero-order valence-electron chi connectivity index (χ0n) is 10.2. The Morgan fingerprint density at radius 1 is 1.60 bits per heavy atom. The van der Waals surface area contributed by atoms with E-state index >= 15 is 0 Å². The van der Waals surface area contributed by atoms with Crippen LogP contribution < -0.4 is 10.2 Å². The lowest BCUT2D eigenvalue weighted by atomic mass is 10.1. The quantitative estimate of drug-likeness (QED) is 0.644. The third-order valence-corrected chi connectivity index (χ3v) is 3.34. The second-order valence-electron chi connectivity index (χ2n) is 4.26. The van der Waals surface area contributed by atoms with Crippen molar-refractivity contribution in [1.82, 2.24) is 5.32 Å². The van der Waals surface area contributed by atoms with E-state index in [4.69, 9.17) is 16.7 Å². The zero-order valence-corrected chi connectivity index (χ0v) is 10.9. The van der Waals surface area contributed by atoms with Crippen LogP contribution in [0.2, 0.25) is 5.02 Å². The molecule has 1 heterocycles. The van der Waals surface area contributed by atoms with Crippen LogP contribution in [0.4, 0.5) is 15.8 Å². The third kappa shape index (κ3) is 2.66. The maximum absolute atomic E-state index is 13.4. The van der Waals surface area contributed by atoms with E-state index in [1.165, 1.54) is 4.90 Å². The average molecular weight is 304 g/mol.